The van der Waals surface area contributed by atoms with Gasteiger partial charge in [0.05, 0.1) is 25.1 Å². The van der Waals surface area contributed by atoms with E-state index in [1.54, 1.807) is 33.6 Å². The molecule has 0 spiro atoms. The van der Waals surface area contributed by atoms with Crippen LogP contribution in [0.2, 0.25) is 0 Å². The minimum atomic E-state index is -0.0108. The molecule has 0 aliphatic heterocycles. The first-order valence-electron chi connectivity index (χ1n) is 5.87. The molecule has 0 fully saturated rings. The molecular weight excluding hydrogens is 246 g/mol. The molecule has 0 amide bonds. The Kier molecular flexibility index (Phi) is 3.76. The van der Waals surface area contributed by atoms with E-state index in [1.165, 1.54) is 6.92 Å². The van der Waals surface area contributed by atoms with Crippen LogP contribution in [0.5, 0.6) is 11.5 Å². The highest BCUT2D eigenvalue weighted by Gasteiger charge is 2.17. The van der Waals surface area contributed by atoms with Crippen molar-refractivity contribution in [1.82, 2.24) is 4.57 Å². The predicted molar refractivity (Wildman–Crippen MR) is 72.1 cm³/mol. The second-order valence-corrected chi connectivity index (χ2v) is 4.21. The Bertz CT molecular complexity index is 615. The van der Waals surface area contributed by atoms with Gasteiger partial charge in [-0.3, -0.25) is 4.79 Å². The van der Waals surface area contributed by atoms with Gasteiger partial charge in [0.25, 0.3) is 0 Å². The Morgan fingerprint density at radius 2 is 1.95 bits per heavy atom. The zero-order valence-electron chi connectivity index (χ0n) is 11.5. The topological polar surface area (TPSA) is 49.7 Å². The van der Waals surface area contributed by atoms with E-state index >= 15 is 0 Å². The maximum Gasteiger partial charge on any atom is 0.162 e. The molecule has 0 unspecified atom stereocenters. The predicted octanol–water partition coefficient (Wildman–Crippen LogP) is 2.47. The standard InChI is InChI=1S/C14H17NO4/c1-9(16)11-7-15(8-17-2)12-5-10(18-3)6-13(19-4)14(11)12/h5-7H,8H2,1-4H3. The fourth-order valence-corrected chi connectivity index (χ4v) is 2.16. The second kappa shape index (κ2) is 5.32. The van der Waals surface area contributed by atoms with Crippen LogP contribution in [0.1, 0.15) is 17.3 Å². The third kappa shape index (κ3) is 2.29. The van der Waals surface area contributed by atoms with Crippen molar-refractivity contribution in [3.8, 4) is 11.5 Å². The van der Waals surface area contributed by atoms with Crippen molar-refractivity contribution >= 4 is 16.7 Å². The normalized spacial score (nSPS) is 10.7. The summed E-state index contributed by atoms with van der Waals surface area (Å²) < 4.78 is 17.6. The number of carbonyl (C=O) groups is 1. The molecule has 0 radical (unpaired) electrons. The lowest BCUT2D eigenvalue weighted by Gasteiger charge is -2.09. The molecule has 0 atom stereocenters. The summed E-state index contributed by atoms with van der Waals surface area (Å²) in [5, 5.41) is 0.785. The highest BCUT2D eigenvalue weighted by Crippen LogP contribution is 2.35. The molecule has 0 N–H and O–H groups in total. The third-order valence-electron chi connectivity index (χ3n) is 3.02. The molecule has 0 saturated heterocycles. The van der Waals surface area contributed by atoms with Crippen LogP contribution in [0, 0.1) is 0 Å². The number of ketones is 1. The van der Waals surface area contributed by atoms with Crippen LogP contribution in [-0.2, 0) is 11.5 Å². The Balaban J connectivity index is 2.80. The monoisotopic (exact) mass is 263 g/mol. The Morgan fingerprint density at radius 1 is 1.21 bits per heavy atom. The first-order valence-corrected chi connectivity index (χ1v) is 5.87. The zero-order chi connectivity index (χ0) is 14.0. The van der Waals surface area contributed by atoms with Crippen molar-refractivity contribution in [1.29, 1.82) is 0 Å². The van der Waals surface area contributed by atoms with Gasteiger partial charge < -0.3 is 18.8 Å². The fourth-order valence-electron chi connectivity index (χ4n) is 2.16. The molecule has 0 aliphatic rings. The van der Waals surface area contributed by atoms with Gasteiger partial charge in [-0.25, -0.2) is 0 Å². The summed E-state index contributed by atoms with van der Waals surface area (Å²) in [5.41, 5.74) is 1.47. The van der Waals surface area contributed by atoms with Crippen molar-refractivity contribution in [3.63, 3.8) is 0 Å². The molecule has 2 aromatic rings. The van der Waals surface area contributed by atoms with Gasteiger partial charge >= 0.3 is 0 Å². The van der Waals surface area contributed by atoms with Crippen LogP contribution < -0.4 is 9.47 Å². The van der Waals surface area contributed by atoms with E-state index in [2.05, 4.69) is 0 Å². The Labute approximate surface area is 111 Å². The van der Waals surface area contributed by atoms with Gasteiger partial charge in [-0.1, -0.05) is 0 Å². The molecule has 0 aliphatic carbocycles. The fraction of sp³-hybridized carbons (Fsp3) is 0.357. The van der Waals surface area contributed by atoms with Crippen molar-refractivity contribution in [2.24, 2.45) is 0 Å². The van der Waals surface area contributed by atoms with Crippen LogP contribution in [0.4, 0.5) is 0 Å². The number of rotatable bonds is 5. The maximum absolute atomic E-state index is 11.8. The first-order chi connectivity index (χ1) is 9.12. The van der Waals surface area contributed by atoms with Gasteiger partial charge in [-0.15, -0.1) is 0 Å². The van der Waals surface area contributed by atoms with E-state index in [9.17, 15) is 4.79 Å². The van der Waals surface area contributed by atoms with E-state index in [-0.39, 0.29) is 5.78 Å². The smallest absolute Gasteiger partial charge is 0.162 e. The lowest BCUT2D eigenvalue weighted by molar-refractivity contribution is 0.101. The number of Topliss-reactive ketones (excluding diaryl/α,β-unsaturated/α-hetero) is 1. The minimum Gasteiger partial charge on any atom is -0.497 e. The van der Waals surface area contributed by atoms with Gasteiger partial charge in [0.2, 0.25) is 0 Å². The van der Waals surface area contributed by atoms with Crippen LogP contribution in [0.3, 0.4) is 0 Å². The molecular formula is C14H17NO4. The third-order valence-corrected chi connectivity index (χ3v) is 3.02. The van der Waals surface area contributed by atoms with Crippen LogP contribution in [0.15, 0.2) is 18.3 Å². The summed E-state index contributed by atoms with van der Waals surface area (Å²) in [6.07, 6.45) is 1.78. The van der Waals surface area contributed by atoms with E-state index in [0.29, 0.717) is 23.8 Å². The highest BCUT2D eigenvalue weighted by atomic mass is 16.5. The van der Waals surface area contributed by atoms with Gasteiger partial charge in [0.15, 0.2) is 5.78 Å². The van der Waals surface area contributed by atoms with Crippen molar-refractivity contribution in [2.45, 2.75) is 13.7 Å². The quantitative estimate of drug-likeness (QED) is 0.777. The highest BCUT2D eigenvalue weighted by molar-refractivity contribution is 6.09. The second-order valence-electron chi connectivity index (χ2n) is 4.21. The summed E-state index contributed by atoms with van der Waals surface area (Å²) in [6, 6.07) is 3.63. The van der Waals surface area contributed by atoms with Gasteiger partial charge in [-0.2, -0.15) is 0 Å². The first kappa shape index (κ1) is 13.4. The molecule has 102 valence electrons. The number of carbonyl (C=O) groups excluding carboxylic acids is 1. The largest absolute Gasteiger partial charge is 0.497 e. The molecule has 1 heterocycles. The average Bonchev–Trinajstić information content (AvgIpc) is 2.77. The van der Waals surface area contributed by atoms with Crippen molar-refractivity contribution < 1.29 is 19.0 Å². The number of fused-ring (bicyclic) bond motifs is 1. The lowest BCUT2D eigenvalue weighted by atomic mass is 10.1. The van der Waals surface area contributed by atoms with Crippen LogP contribution in [-0.4, -0.2) is 31.7 Å². The Hall–Kier alpha value is -2.01. The van der Waals surface area contributed by atoms with Crippen LogP contribution >= 0.6 is 0 Å². The van der Waals surface area contributed by atoms with Gasteiger partial charge in [0.1, 0.15) is 18.2 Å². The molecule has 19 heavy (non-hydrogen) atoms. The molecule has 5 nitrogen and oxygen atoms in total. The van der Waals surface area contributed by atoms with E-state index in [1.807, 2.05) is 10.6 Å². The summed E-state index contributed by atoms with van der Waals surface area (Å²) >= 11 is 0. The van der Waals surface area contributed by atoms with E-state index < -0.39 is 0 Å². The van der Waals surface area contributed by atoms with Crippen LogP contribution in [0.25, 0.3) is 10.9 Å². The number of nitrogens with zero attached hydrogens (tertiary/aromatic N) is 1. The van der Waals surface area contributed by atoms with Gasteiger partial charge in [-0.05, 0) is 6.92 Å². The van der Waals surface area contributed by atoms with Gasteiger partial charge in [0, 0.05) is 31.0 Å². The molecule has 1 aromatic carbocycles. The summed E-state index contributed by atoms with van der Waals surface area (Å²) in [5.74, 6) is 1.28. The SMILES string of the molecule is COCn1cc(C(C)=O)c2c(OC)cc(OC)cc21. The minimum absolute atomic E-state index is 0.0108. The van der Waals surface area contributed by atoms with Crippen molar-refractivity contribution in [2.75, 3.05) is 21.3 Å². The van der Waals surface area contributed by atoms with E-state index in [4.69, 9.17) is 14.2 Å². The molecule has 5 heteroatoms. The number of aromatic nitrogens is 1. The zero-order valence-corrected chi connectivity index (χ0v) is 11.5. The number of hydrogen-bond acceptors (Lipinski definition) is 4. The molecule has 2 rings (SSSR count). The van der Waals surface area contributed by atoms with Crippen molar-refractivity contribution in [3.05, 3.63) is 23.9 Å². The molecule has 1 aromatic heterocycles. The lowest BCUT2D eigenvalue weighted by Crippen LogP contribution is -1.98. The summed E-state index contributed by atoms with van der Waals surface area (Å²) in [6.45, 7) is 1.90. The molecule has 0 bridgehead atoms. The molecule has 0 saturated carbocycles. The summed E-state index contributed by atoms with van der Waals surface area (Å²) in [7, 11) is 4.78. The maximum atomic E-state index is 11.8. The number of benzene rings is 1. The number of hydrogen-bond donors (Lipinski definition) is 0. The Morgan fingerprint density at radius 3 is 2.47 bits per heavy atom. The number of methoxy groups -OCH3 is 3. The van der Waals surface area contributed by atoms with E-state index in [0.717, 1.165) is 10.9 Å². The number of ether oxygens (including phenoxy) is 3. The summed E-state index contributed by atoms with van der Waals surface area (Å²) in [4.78, 5) is 11.8. The average molecular weight is 263 g/mol.